The molecule has 4 rings (SSSR count). The van der Waals surface area contributed by atoms with Crippen LogP contribution in [0.15, 0.2) is 54.9 Å². The van der Waals surface area contributed by atoms with Crippen molar-refractivity contribution in [2.75, 3.05) is 37.7 Å². The molecule has 2 aliphatic heterocycles. The lowest BCUT2D eigenvalue weighted by atomic mass is 9.89. The summed E-state index contributed by atoms with van der Waals surface area (Å²) in [5.41, 5.74) is 1.71. The first-order chi connectivity index (χ1) is 12.3. The molecular weight excluding hydrogens is 314 g/mol. The van der Waals surface area contributed by atoms with Crippen molar-refractivity contribution in [3.63, 3.8) is 0 Å². The van der Waals surface area contributed by atoms with Crippen molar-refractivity contribution in [3.05, 3.63) is 60.4 Å². The summed E-state index contributed by atoms with van der Waals surface area (Å²) in [7, 11) is 0. The number of rotatable bonds is 2. The molecule has 1 aromatic carbocycles. The van der Waals surface area contributed by atoms with E-state index in [-0.39, 0.29) is 11.5 Å². The van der Waals surface area contributed by atoms with Crippen LogP contribution in [-0.4, -0.2) is 54.2 Å². The molecule has 0 radical (unpaired) electrons. The molecule has 2 fully saturated rings. The van der Waals surface area contributed by atoms with Gasteiger partial charge in [-0.25, -0.2) is 0 Å². The van der Waals surface area contributed by atoms with Gasteiger partial charge in [0.2, 0.25) is 0 Å². The minimum Gasteiger partial charge on any atom is -0.371 e. The van der Waals surface area contributed by atoms with Gasteiger partial charge in [-0.05, 0) is 37.1 Å². The fourth-order valence-corrected chi connectivity index (χ4v) is 3.80. The predicted molar refractivity (Wildman–Crippen MR) is 96.7 cm³/mol. The van der Waals surface area contributed by atoms with E-state index < -0.39 is 0 Å². The zero-order valence-corrected chi connectivity index (χ0v) is 14.3. The van der Waals surface area contributed by atoms with Crippen LogP contribution in [-0.2, 0) is 4.74 Å². The van der Waals surface area contributed by atoms with Crippen molar-refractivity contribution in [2.24, 2.45) is 0 Å². The number of para-hydroxylation sites is 1. The summed E-state index contributed by atoms with van der Waals surface area (Å²) < 4.78 is 6.17. The van der Waals surface area contributed by atoms with E-state index >= 15 is 0 Å². The first kappa shape index (κ1) is 16.1. The maximum Gasteiger partial charge on any atom is 0.255 e. The largest absolute Gasteiger partial charge is 0.371 e. The van der Waals surface area contributed by atoms with Crippen LogP contribution in [0.25, 0.3) is 0 Å². The van der Waals surface area contributed by atoms with Crippen LogP contribution in [0.3, 0.4) is 0 Å². The van der Waals surface area contributed by atoms with Crippen LogP contribution in [0, 0.1) is 0 Å². The Morgan fingerprint density at radius 1 is 1.04 bits per heavy atom. The molecule has 0 aliphatic carbocycles. The third kappa shape index (κ3) is 3.37. The topological polar surface area (TPSA) is 45.7 Å². The Morgan fingerprint density at radius 2 is 1.84 bits per heavy atom. The highest BCUT2D eigenvalue weighted by Crippen LogP contribution is 2.32. The van der Waals surface area contributed by atoms with Crippen LogP contribution in [0.4, 0.5) is 5.69 Å². The van der Waals surface area contributed by atoms with Crippen LogP contribution in [0.1, 0.15) is 23.2 Å². The average Bonchev–Trinajstić information content (AvgIpc) is 2.69. The van der Waals surface area contributed by atoms with Gasteiger partial charge in [0.15, 0.2) is 0 Å². The number of morpholine rings is 1. The molecule has 1 amide bonds. The zero-order valence-electron chi connectivity index (χ0n) is 14.3. The second kappa shape index (κ2) is 6.84. The van der Waals surface area contributed by atoms with Crippen molar-refractivity contribution in [3.8, 4) is 0 Å². The minimum absolute atomic E-state index is 0.0567. The molecule has 0 atom stereocenters. The highest BCUT2D eigenvalue weighted by molar-refractivity contribution is 5.94. The maximum absolute atomic E-state index is 12.7. The Morgan fingerprint density at radius 3 is 2.56 bits per heavy atom. The normalized spacial score (nSPS) is 19.8. The summed E-state index contributed by atoms with van der Waals surface area (Å²) in [5.74, 6) is 0.0567. The van der Waals surface area contributed by atoms with E-state index in [4.69, 9.17) is 4.74 Å². The third-order valence-corrected chi connectivity index (χ3v) is 5.24. The third-order valence-electron chi connectivity index (χ3n) is 5.24. The second-order valence-electron chi connectivity index (χ2n) is 6.82. The summed E-state index contributed by atoms with van der Waals surface area (Å²) >= 11 is 0. The van der Waals surface area contributed by atoms with Gasteiger partial charge in [-0.15, -0.1) is 0 Å². The quantitative estimate of drug-likeness (QED) is 0.845. The number of hydrogen-bond donors (Lipinski definition) is 0. The van der Waals surface area contributed by atoms with Gasteiger partial charge in [0.25, 0.3) is 5.91 Å². The van der Waals surface area contributed by atoms with Gasteiger partial charge in [-0.1, -0.05) is 18.2 Å². The highest BCUT2D eigenvalue weighted by Gasteiger charge is 2.41. The van der Waals surface area contributed by atoms with E-state index in [1.807, 2.05) is 23.1 Å². The van der Waals surface area contributed by atoms with Crippen molar-refractivity contribution in [1.82, 2.24) is 9.88 Å². The Balaban J connectivity index is 1.42. The van der Waals surface area contributed by atoms with E-state index in [0.29, 0.717) is 25.3 Å². The van der Waals surface area contributed by atoms with Crippen molar-refractivity contribution in [2.45, 2.75) is 18.4 Å². The van der Waals surface area contributed by atoms with Gasteiger partial charge in [0, 0.05) is 37.7 Å². The lowest BCUT2D eigenvalue weighted by molar-refractivity contribution is -0.111. The number of hydrogen-bond acceptors (Lipinski definition) is 4. The van der Waals surface area contributed by atoms with Crippen LogP contribution in [0.2, 0.25) is 0 Å². The molecule has 25 heavy (non-hydrogen) atoms. The number of nitrogens with zero attached hydrogens (tertiary/aromatic N) is 3. The number of piperidine rings is 1. The number of carbonyl (C=O) groups is 1. The number of pyridine rings is 1. The van der Waals surface area contributed by atoms with Gasteiger partial charge in [-0.2, -0.15) is 0 Å². The zero-order chi connectivity index (χ0) is 17.1. The lowest BCUT2D eigenvalue weighted by Crippen LogP contribution is -2.58. The summed E-state index contributed by atoms with van der Waals surface area (Å²) in [5, 5.41) is 0. The Kier molecular flexibility index (Phi) is 4.40. The van der Waals surface area contributed by atoms with E-state index in [2.05, 4.69) is 34.1 Å². The van der Waals surface area contributed by atoms with Gasteiger partial charge in [0.1, 0.15) is 0 Å². The first-order valence-electron chi connectivity index (χ1n) is 8.89. The molecule has 1 spiro atoms. The SMILES string of the molecule is O=C(c1cccnc1)N1CCOC2(CCN(c3ccccc3)CC2)C1. The smallest absolute Gasteiger partial charge is 0.255 e. The highest BCUT2D eigenvalue weighted by atomic mass is 16.5. The van der Waals surface area contributed by atoms with Crippen molar-refractivity contribution >= 4 is 11.6 Å². The number of aromatic nitrogens is 1. The standard InChI is InChI=1S/C20H23N3O2/c24-19(17-5-4-10-21-15-17)23-13-14-25-20(16-23)8-11-22(12-9-20)18-6-2-1-3-7-18/h1-7,10,15H,8-9,11-14,16H2. The molecule has 3 heterocycles. The van der Waals surface area contributed by atoms with Gasteiger partial charge in [-0.3, -0.25) is 9.78 Å². The summed E-state index contributed by atoms with van der Waals surface area (Å²) in [6, 6.07) is 14.1. The molecule has 1 aromatic heterocycles. The molecule has 0 unspecified atom stereocenters. The van der Waals surface area contributed by atoms with Crippen LogP contribution >= 0.6 is 0 Å². The Labute approximate surface area is 148 Å². The molecule has 0 N–H and O–H groups in total. The number of anilines is 1. The number of ether oxygens (including phenoxy) is 1. The Bertz CT molecular complexity index is 712. The first-order valence-corrected chi connectivity index (χ1v) is 8.89. The van der Waals surface area contributed by atoms with Gasteiger partial charge >= 0.3 is 0 Å². The van der Waals surface area contributed by atoms with Gasteiger partial charge < -0.3 is 14.5 Å². The predicted octanol–water partition coefficient (Wildman–Crippen LogP) is 2.59. The molecule has 5 nitrogen and oxygen atoms in total. The molecular formula is C20H23N3O2. The van der Waals surface area contributed by atoms with Crippen molar-refractivity contribution < 1.29 is 9.53 Å². The molecule has 2 aliphatic rings. The van der Waals surface area contributed by atoms with Crippen LogP contribution < -0.4 is 4.90 Å². The van der Waals surface area contributed by atoms with E-state index in [0.717, 1.165) is 25.9 Å². The molecule has 0 bridgehead atoms. The van der Waals surface area contributed by atoms with Crippen LogP contribution in [0.5, 0.6) is 0 Å². The maximum atomic E-state index is 12.7. The van der Waals surface area contributed by atoms with E-state index in [9.17, 15) is 4.79 Å². The molecule has 130 valence electrons. The number of amides is 1. The number of benzene rings is 1. The second-order valence-corrected chi connectivity index (χ2v) is 6.82. The molecule has 0 saturated carbocycles. The summed E-state index contributed by atoms with van der Waals surface area (Å²) in [6.45, 7) is 3.84. The Hall–Kier alpha value is -2.40. The monoisotopic (exact) mass is 337 g/mol. The number of carbonyl (C=O) groups excluding carboxylic acids is 1. The molecule has 2 saturated heterocycles. The molecule has 5 heteroatoms. The average molecular weight is 337 g/mol. The molecule has 2 aromatic rings. The minimum atomic E-state index is -0.207. The van der Waals surface area contributed by atoms with Crippen molar-refractivity contribution in [1.29, 1.82) is 0 Å². The summed E-state index contributed by atoms with van der Waals surface area (Å²) in [4.78, 5) is 21.1. The fraction of sp³-hybridized carbons (Fsp3) is 0.400. The van der Waals surface area contributed by atoms with E-state index in [1.54, 1.807) is 12.4 Å². The summed E-state index contributed by atoms with van der Waals surface area (Å²) in [6.07, 6.45) is 5.22. The fourth-order valence-electron chi connectivity index (χ4n) is 3.80. The lowest BCUT2D eigenvalue weighted by Gasteiger charge is -2.47. The van der Waals surface area contributed by atoms with E-state index in [1.165, 1.54) is 5.69 Å². The van der Waals surface area contributed by atoms with Gasteiger partial charge in [0.05, 0.1) is 24.3 Å².